The summed E-state index contributed by atoms with van der Waals surface area (Å²) in [7, 11) is -10.9. The summed E-state index contributed by atoms with van der Waals surface area (Å²) in [6.45, 7) is 1.82. The van der Waals surface area contributed by atoms with E-state index < -0.39 is 89.8 Å². The topological polar surface area (TPSA) is 286 Å². The summed E-state index contributed by atoms with van der Waals surface area (Å²) >= 11 is 0. The monoisotopic (exact) mass is 1040 g/mol. The number of carbonyl (C=O) groups is 2. The highest BCUT2D eigenvalue weighted by atomic mass is 31.3. The normalized spacial score (nSPS) is 20.2. The minimum atomic E-state index is -5.47. The lowest BCUT2D eigenvalue weighted by molar-refractivity contribution is -0.161. The molecule has 7 N–H and O–H groups in total. The standard InChI is InChI=1S/C50H81N3O16P2/c1-3-5-7-9-11-13-15-17-18-20-22-24-26-28-30-34-46(56)67-42(38-64-45(55)35-31-33-41(54)32-29-27-25-23-21-19-16-14-12-10-8-6-4-2)39-65-70(60,61)69-71(62,63)66-40-43-47(57)48(58)49(68-43)53-37-36-44(51)52-50(53)59/h5,7,11,13,17-19,21,25,27,29,32,36-37,41-43,47-49,54,57-58H,3-4,6,8-10,12,14-16,20,22-24,26,28,30-31,33-35,38-40H2,1-2H3,(H,60,61)(H,62,63)(H2,51,52,59)/b7-5-,13-11-,18-17-,21-19+,27-25+,32-29+/t41?,42-,43-,47-,48-,49-/m1/s1. The highest BCUT2D eigenvalue weighted by Gasteiger charge is 2.46. The Hall–Kier alpha value is -3.84. The zero-order chi connectivity index (χ0) is 52.2. The molecule has 1 aliphatic rings. The number of unbranched alkanes of at least 4 members (excludes halogenated alkanes) is 11. The van der Waals surface area contributed by atoms with Gasteiger partial charge in [-0.25, -0.2) is 13.9 Å². The second-order valence-electron chi connectivity index (χ2n) is 17.1. The number of nitrogens with zero attached hydrogens (tertiary/aromatic N) is 2. The predicted molar refractivity (Wildman–Crippen MR) is 271 cm³/mol. The Morgan fingerprint density at radius 2 is 1.35 bits per heavy atom. The van der Waals surface area contributed by atoms with Crippen molar-refractivity contribution in [1.29, 1.82) is 0 Å². The molecule has 8 atom stereocenters. The number of anilines is 1. The van der Waals surface area contributed by atoms with Gasteiger partial charge < -0.3 is 45.1 Å². The van der Waals surface area contributed by atoms with Crippen molar-refractivity contribution in [1.82, 2.24) is 9.55 Å². The zero-order valence-electron chi connectivity index (χ0n) is 41.6. The highest BCUT2D eigenvalue weighted by Crippen LogP contribution is 2.60. The largest absolute Gasteiger partial charge is 0.481 e. The molecule has 2 rings (SSSR count). The maximum Gasteiger partial charge on any atom is 0.481 e. The Labute approximate surface area is 419 Å². The van der Waals surface area contributed by atoms with E-state index in [1.165, 1.54) is 44.6 Å². The molecule has 0 aliphatic carbocycles. The Morgan fingerprint density at radius 3 is 2.01 bits per heavy atom. The lowest BCUT2D eigenvalue weighted by Gasteiger charge is -2.21. The van der Waals surface area contributed by atoms with Crippen molar-refractivity contribution in [2.45, 2.75) is 185 Å². The molecule has 402 valence electrons. The molecule has 0 radical (unpaired) electrons. The van der Waals surface area contributed by atoms with E-state index in [-0.39, 0.29) is 31.5 Å². The number of nitrogens with two attached hydrogens (primary N) is 1. The number of allylic oxidation sites excluding steroid dienone is 11. The van der Waals surface area contributed by atoms with Crippen molar-refractivity contribution >= 4 is 33.4 Å². The van der Waals surface area contributed by atoms with E-state index in [9.17, 15) is 48.6 Å². The minimum Gasteiger partial charge on any atom is -0.462 e. The molecule has 0 amide bonds. The molecule has 19 nitrogen and oxygen atoms in total. The van der Waals surface area contributed by atoms with Gasteiger partial charge in [0, 0.05) is 19.0 Å². The lowest BCUT2D eigenvalue weighted by atomic mass is 10.1. The third-order valence-electron chi connectivity index (χ3n) is 10.9. The van der Waals surface area contributed by atoms with E-state index in [1.54, 1.807) is 12.2 Å². The number of phosphoric acid groups is 2. The molecule has 21 heteroatoms. The van der Waals surface area contributed by atoms with Crippen LogP contribution >= 0.6 is 15.6 Å². The van der Waals surface area contributed by atoms with Crippen molar-refractivity contribution in [3.8, 4) is 0 Å². The van der Waals surface area contributed by atoms with E-state index in [2.05, 4.69) is 71.8 Å². The van der Waals surface area contributed by atoms with Crippen molar-refractivity contribution in [3.63, 3.8) is 0 Å². The van der Waals surface area contributed by atoms with Crippen LogP contribution in [0.15, 0.2) is 90.0 Å². The van der Waals surface area contributed by atoms with E-state index in [4.69, 9.17) is 29.0 Å². The van der Waals surface area contributed by atoms with Crippen LogP contribution in [0.2, 0.25) is 0 Å². The number of aliphatic hydroxyl groups is 3. The van der Waals surface area contributed by atoms with Crippen molar-refractivity contribution in [2.24, 2.45) is 0 Å². The first-order valence-corrected chi connectivity index (χ1v) is 28.0. The second kappa shape index (κ2) is 37.8. The Morgan fingerprint density at radius 1 is 0.761 bits per heavy atom. The molecule has 2 heterocycles. The van der Waals surface area contributed by atoms with E-state index in [0.717, 1.165) is 75.0 Å². The number of carbonyl (C=O) groups excluding carboxylic acids is 2. The van der Waals surface area contributed by atoms with Gasteiger partial charge in [0.15, 0.2) is 12.3 Å². The highest BCUT2D eigenvalue weighted by molar-refractivity contribution is 7.61. The number of rotatable bonds is 40. The molecule has 1 fully saturated rings. The van der Waals surface area contributed by atoms with Crippen LogP contribution in [0.5, 0.6) is 0 Å². The second-order valence-corrected chi connectivity index (χ2v) is 20.2. The van der Waals surface area contributed by atoms with Gasteiger partial charge in [-0.1, -0.05) is 138 Å². The molecule has 0 aromatic carbocycles. The van der Waals surface area contributed by atoms with Gasteiger partial charge in [0.2, 0.25) is 0 Å². The molecular formula is C50H81N3O16P2. The third kappa shape index (κ3) is 30.7. The molecular weight excluding hydrogens is 961 g/mol. The Bertz CT molecular complexity index is 1990. The molecule has 1 aromatic rings. The zero-order valence-corrected chi connectivity index (χ0v) is 43.4. The molecule has 1 aromatic heterocycles. The summed E-state index contributed by atoms with van der Waals surface area (Å²) in [5.74, 6) is -1.53. The SMILES string of the molecule is CC/C=C\C/C=C\C/C=C\CCCCCCCC(=O)O[C@H](COC(=O)CCCC(O)/C=C/C=C/C/C=C/CCCCCCCC)COP(=O)(O)OP(=O)(O)OC[C@H]1O[C@@H](n2ccc(N)nc2=O)[C@H](O)[C@@H]1O. The molecule has 71 heavy (non-hydrogen) atoms. The van der Waals surface area contributed by atoms with Gasteiger partial charge in [-0.3, -0.25) is 23.2 Å². The number of hydrogen-bond donors (Lipinski definition) is 6. The smallest absolute Gasteiger partial charge is 0.462 e. The van der Waals surface area contributed by atoms with Crippen LogP contribution in [0.25, 0.3) is 0 Å². The van der Waals surface area contributed by atoms with Crippen LogP contribution in [-0.2, 0) is 46.3 Å². The summed E-state index contributed by atoms with van der Waals surface area (Å²) in [5.41, 5.74) is 4.57. The first kappa shape index (κ1) is 63.3. The molecule has 0 saturated carbocycles. The average molecular weight is 1040 g/mol. The maximum absolute atomic E-state index is 12.9. The summed E-state index contributed by atoms with van der Waals surface area (Å²) in [6, 6.07) is 1.24. The third-order valence-corrected chi connectivity index (χ3v) is 13.5. The van der Waals surface area contributed by atoms with Gasteiger partial charge >= 0.3 is 33.3 Å². The summed E-state index contributed by atoms with van der Waals surface area (Å²) in [4.78, 5) is 61.9. The van der Waals surface area contributed by atoms with Gasteiger partial charge in [0.1, 0.15) is 30.7 Å². The molecule has 1 aliphatic heterocycles. The molecule has 1 saturated heterocycles. The Balaban J connectivity index is 1.86. The maximum atomic E-state index is 12.9. The summed E-state index contributed by atoms with van der Waals surface area (Å²) < 4.78 is 56.6. The van der Waals surface area contributed by atoms with Crippen LogP contribution in [0.1, 0.15) is 155 Å². The number of aromatic nitrogens is 2. The van der Waals surface area contributed by atoms with E-state index >= 15 is 0 Å². The van der Waals surface area contributed by atoms with Gasteiger partial charge in [-0.05, 0) is 76.7 Å². The summed E-state index contributed by atoms with van der Waals surface area (Å²) in [6.07, 6.45) is 34.4. The van der Waals surface area contributed by atoms with Crippen LogP contribution in [-0.4, -0.2) is 96.9 Å². The lowest BCUT2D eigenvalue weighted by Crippen LogP contribution is -2.36. The summed E-state index contributed by atoms with van der Waals surface area (Å²) in [5, 5.41) is 31.2. The van der Waals surface area contributed by atoms with Gasteiger partial charge in [0.25, 0.3) is 0 Å². The quantitative estimate of drug-likeness (QED) is 0.0117. The van der Waals surface area contributed by atoms with Crippen LogP contribution < -0.4 is 11.4 Å². The van der Waals surface area contributed by atoms with Crippen LogP contribution in [0, 0.1) is 0 Å². The first-order valence-electron chi connectivity index (χ1n) is 25.1. The Kier molecular flexibility index (Phi) is 33.7. The number of phosphoric ester groups is 2. The fourth-order valence-electron chi connectivity index (χ4n) is 6.98. The van der Waals surface area contributed by atoms with Crippen molar-refractivity contribution in [3.05, 3.63) is 95.7 Å². The van der Waals surface area contributed by atoms with Crippen molar-refractivity contribution < 1.29 is 71.4 Å². The van der Waals surface area contributed by atoms with Crippen molar-refractivity contribution in [2.75, 3.05) is 25.6 Å². The fraction of sp³-hybridized carbons (Fsp3) is 0.640. The van der Waals surface area contributed by atoms with E-state index in [1.807, 2.05) is 12.2 Å². The first-order chi connectivity index (χ1) is 34.1. The molecule has 3 unspecified atom stereocenters. The van der Waals surface area contributed by atoms with Crippen LogP contribution in [0.4, 0.5) is 5.82 Å². The van der Waals surface area contributed by atoms with E-state index in [0.29, 0.717) is 6.42 Å². The van der Waals surface area contributed by atoms with Gasteiger partial charge in [-0.15, -0.1) is 0 Å². The number of ether oxygens (including phenoxy) is 3. The molecule has 0 spiro atoms. The minimum absolute atomic E-state index is 0.0121. The van der Waals surface area contributed by atoms with Crippen LogP contribution in [0.3, 0.4) is 0 Å². The fourth-order valence-corrected chi connectivity index (χ4v) is 9.09. The van der Waals surface area contributed by atoms with Gasteiger partial charge in [0.05, 0.1) is 19.3 Å². The molecule has 0 bridgehead atoms. The number of esters is 2. The number of hydrogen-bond acceptors (Lipinski definition) is 16. The average Bonchev–Trinajstić information content (AvgIpc) is 3.60. The number of nitrogen functional groups attached to an aromatic ring is 1. The number of aliphatic hydroxyl groups excluding tert-OH is 3. The predicted octanol–water partition coefficient (Wildman–Crippen LogP) is 9.08. The van der Waals surface area contributed by atoms with Gasteiger partial charge in [-0.2, -0.15) is 9.29 Å².